The van der Waals surface area contributed by atoms with Crippen LogP contribution in [-0.4, -0.2) is 422 Å². The molecule has 0 unspecified atom stereocenters. The second-order valence-corrected chi connectivity index (χ2v) is 27.5. The number of aliphatic hydroxyl groups is 23. The van der Waals surface area contributed by atoms with Crippen molar-refractivity contribution >= 4 is 10.1 Å². The molecule has 104 heavy (non-hydrogen) atoms. The normalized spacial score (nSPS) is 48.6. The van der Waals surface area contributed by atoms with Gasteiger partial charge in [0, 0.05) is 12.1 Å². The fourth-order valence-corrected chi connectivity index (χ4v) is 13.8. The molecule has 30 fully saturated rings. The van der Waals surface area contributed by atoms with Gasteiger partial charge in [-0.25, -0.2) is 13.0 Å². The lowest BCUT2D eigenvalue weighted by molar-refractivity contribution is -0.707. The van der Waals surface area contributed by atoms with Gasteiger partial charge in [-0.3, -0.25) is 0 Å². The van der Waals surface area contributed by atoms with E-state index in [1.165, 1.54) is 16.7 Å². The maximum atomic E-state index is 11.8. The Balaban J connectivity index is 0.000000965. The van der Waals surface area contributed by atoms with Crippen molar-refractivity contribution in [2.45, 2.75) is 264 Å². The van der Waals surface area contributed by atoms with Gasteiger partial charge in [0.2, 0.25) is 0 Å². The number of pyridine rings is 1. The molecule has 16 bridgehead atoms. The molecule has 32 rings (SSSR count). The van der Waals surface area contributed by atoms with Crippen LogP contribution < -0.4 is 4.57 Å². The lowest BCUT2D eigenvalue weighted by Gasteiger charge is -2.50. The minimum Gasteiger partial charge on any atom is -0.744 e. The van der Waals surface area contributed by atoms with Crippen LogP contribution in [0.25, 0.3) is 0 Å². The molecule has 30 saturated heterocycles. The summed E-state index contributed by atoms with van der Waals surface area (Å²) in [5.41, 5.74) is 0.928. The Morgan fingerprint density at radius 3 is 0.654 bits per heavy atom. The minimum absolute atomic E-state index is 0.178. The highest BCUT2D eigenvalue weighted by Gasteiger charge is 2.61. The summed E-state index contributed by atoms with van der Waals surface area (Å²) in [5.74, 6) is 0. The molecule has 0 radical (unpaired) electrons. The van der Waals surface area contributed by atoms with E-state index in [0.717, 1.165) is 5.56 Å². The summed E-state index contributed by atoms with van der Waals surface area (Å²) in [6.07, 6.45) is -77.8. The Kier molecular flexibility index (Phi) is 28.7. The van der Waals surface area contributed by atoms with Gasteiger partial charge < -0.3 is 198 Å². The first-order valence-electron chi connectivity index (χ1n) is 33.0. The van der Waals surface area contributed by atoms with Crippen LogP contribution in [0.4, 0.5) is 0 Å². The van der Waals surface area contributed by atoms with Gasteiger partial charge in [-0.05, 0) is 19.1 Å². The molecule has 31 heterocycles. The van der Waals surface area contributed by atoms with Crippen molar-refractivity contribution in [1.82, 2.24) is 0 Å². The zero-order valence-electron chi connectivity index (χ0n) is 54.8. The van der Waals surface area contributed by atoms with E-state index >= 15 is 0 Å². The van der Waals surface area contributed by atoms with E-state index in [4.69, 9.17) is 75.8 Å². The van der Waals surface area contributed by atoms with Crippen LogP contribution in [0.1, 0.15) is 5.56 Å². The predicted molar refractivity (Wildman–Crippen MR) is 320 cm³/mol. The third-order valence-corrected chi connectivity index (χ3v) is 20.0. The zero-order valence-corrected chi connectivity index (χ0v) is 55.7. The quantitative estimate of drug-likeness (QED) is 0.0776. The maximum absolute atomic E-state index is 11.8. The summed E-state index contributed by atoms with van der Waals surface area (Å²) in [5, 5.41) is 258. The van der Waals surface area contributed by atoms with Crippen molar-refractivity contribution < 1.29 is 211 Å². The van der Waals surface area contributed by atoms with Gasteiger partial charge in [-0.15, -0.1) is 0 Å². The molecule has 594 valence electrons. The molecule has 0 aliphatic carbocycles. The van der Waals surface area contributed by atoms with E-state index in [9.17, 15) is 130 Å². The number of rotatable bonds is 10. The summed E-state index contributed by atoms with van der Waals surface area (Å²) in [7, 11) is -4.27. The predicted octanol–water partition coefficient (Wildman–Crippen LogP) is -15.5. The number of benzene rings is 1. The first kappa shape index (κ1) is 83.2. The zero-order chi connectivity index (χ0) is 75.7. The van der Waals surface area contributed by atoms with Gasteiger partial charge >= 0.3 is 0 Å². The number of aliphatic hydroxyl groups excluding tert-OH is 23. The summed E-state index contributed by atoms with van der Waals surface area (Å²) in [6, 6.07) is 10.6. The molecule has 0 amide bonds. The molecule has 30 aliphatic heterocycles. The number of aryl methyl sites for hydroxylation is 1. The molecule has 0 saturated carbocycles. The van der Waals surface area contributed by atoms with E-state index in [-0.39, 0.29) is 11.4 Å². The van der Waals surface area contributed by atoms with E-state index in [1.807, 2.05) is 6.92 Å². The Bertz CT molecular complexity index is 3060. The van der Waals surface area contributed by atoms with E-state index < -0.39 is 302 Å². The molecule has 40 atom stereocenters. The molecular formula is C60H91NO42S. The van der Waals surface area contributed by atoms with Crippen molar-refractivity contribution in [3.63, 3.8) is 0 Å². The highest BCUT2D eigenvalue weighted by Crippen LogP contribution is 2.40. The SMILES string of the molecule is Cc1ccc(S(=O)(=O)[O-])cc1.OC[C@H]1O[C@@H]2O[C@H]3[C@H](O)[C@@H](O)[C@@H](O[C@H]4[C@@H](O)[C@H](O)[C@@H](O[C@H]5[C@H](O)[C@@H](O)[C@@H](O[C@H]6[C@H](O)[C@@H](O)[C@@H](O[C@H]7[C@H](O)[C@@H](O)[C@@H](O[C@H]8[C@H](O)[C@@H](O)[C@@H](O[C@H]9[C@@H](O)[C@H](O)[C@@H](O[C@H]1[C@H](O)[C@@H]2O)O[C@@H]9CO)O[C@@H]8C[n+]1ccccc1)O[C@@H]7CO)O[C@@H]6CO)O[C@@H]5CO)O[C@@H]4CO)O[C@@H]3CO. The van der Waals surface area contributed by atoms with Crippen molar-refractivity contribution in [2.75, 3.05) is 46.2 Å². The molecule has 44 heteroatoms. The number of hydrogen-bond acceptors (Lipinski definition) is 42. The number of aromatic nitrogens is 1. The fourth-order valence-electron chi connectivity index (χ4n) is 13.4. The molecule has 1 aromatic heterocycles. The molecule has 2 aromatic rings. The summed E-state index contributed by atoms with van der Waals surface area (Å²) in [6.45, 7) is -5.92. The number of hydrogen-bond donors (Lipinski definition) is 23. The van der Waals surface area contributed by atoms with Gasteiger partial charge in [-0.2, -0.15) is 0 Å². The monoisotopic (exact) mass is 1530 g/mol. The average molecular weight is 1530 g/mol. The molecule has 43 nitrogen and oxygen atoms in total. The smallest absolute Gasteiger partial charge is 0.187 e. The first-order chi connectivity index (χ1) is 49.4. The van der Waals surface area contributed by atoms with Gasteiger partial charge in [0.1, 0.15) is 205 Å². The molecular weight excluding hydrogens is 1440 g/mol. The van der Waals surface area contributed by atoms with Gasteiger partial charge in [-0.1, -0.05) is 23.8 Å². The summed E-state index contributed by atoms with van der Waals surface area (Å²) in [4.78, 5) is -0.178. The van der Waals surface area contributed by atoms with Gasteiger partial charge in [0.05, 0.1) is 51.1 Å². The number of ether oxygens (including phenoxy) is 16. The Labute approximate surface area is 589 Å². The second kappa shape index (κ2) is 35.8. The van der Waals surface area contributed by atoms with Gasteiger partial charge in [0.15, 0.2) is 69.3 Å². The van der Waals surface area contributed by atoms with Crippen molar-refractivity contribution in [3.8, 4) is 0 Å². The fraction of sp³-hybridized carbons (Fsp3) is 0.817. The topological polar surface area (TPSA) is 674 Å². The lowest BCUT2D eigenvalue weighted by atomic mass is 9.94. The minimum atomic E-state index is -4.27. The maximum Gasteiger partial charge on any atom is 0.187 e. The third kappa shape index (κ3) is 17.7. The third-order valence-electron chi connectivity index (χ3n) is 19.2. The number of nitrogens with zero attached hydrogens (tertiary/aromatic N) is 1. The Hall–Kier alpha value is -3.28. The summed E-state index contributed by atoms with van der Waals surface area (Å²) < 4.78 is 126. The lowest BCUT2D eigenvalue weighted by Crippen LogP contribution is -2.69. The average Bonchev–Trinajstić information content (AvgIpc) is 0.775. The largest absolute Gasteiger partial charge is 0.744 e. The highest BCUT2D eigenvalue weighted by atomic mass is 32.2. The van der Waals surface area contributed by atoms with Crippen LogP contribution in [0, 0.1) is 6.92 Å². The highest BCUT2D eigenvalue weighted by molar-refractivity contribution is 7.85. The van der Waals surface area contributed by atoms with E-state index in [0.29, 0.717) is 0 Å². The van der Waals surface area contributed by atoms with E-state index in [2.05, 4.69) is 0 Å². The standard InChI is InChI=1S/C53H84NO39.C7H8O3S/c55-7-15-39-24(64)32(72)48(80-15)89-41-17(9-57)82-50(34(74)26(41)66)91-43-19(11-59)84-52(36(76)28(43)68)93-45-21(13-61)85-53(37(77)29(45)69)92-44-20(12-60)83-51(35(75)27(44)67)90-42-18(10-58)81-49(33(73)25(42)65)88-40-16(8-56)79-47(31(71)23(40)63)86-38-14(6-54-4-2-1-3-5-54)78-46(87-39)30(70)22(38)62;1-6-2-4-7(5-3-6)11(8,9)10/h1-5,14-53,55-77H,6-13H2;2-5H,1H3,(H,8,9,10)/q+1;/p-1/t14-,15-,16-,17-,18-,19-,20-,21-,22-,23-,24+,25-,26-,27-,28-,29+,30-,31-,32+,33-,34+,35-,36-,37+,38-,39-,40-,41-,42-,43-,44-,45-,46-,47-,48-,49-,50-,51-,52-,53-;/m1./s1. The molecule has 30 aliphatic rings. The second-order valence-electron chi connectivity index (χ2n) is 26.1. The van der Waals surface area contributed by atoms with Crippen LogP contribution in [0.5, 0.6) is 0 Å². The van der Waals surface area contributed by atoms with Crippen LogP contribution in [0.15, 0.2) is 59.8 Å². The Morgan fingerprint density at radius 1 is 0.288 bits per heavy atom. The van der Waals surface area contributed by atoms with Crippen molar-refractivity contribution in [2.24, 2.45) is 0 Å². The molecule has 23 N–H and O–H groups in total. The Morgan fingerprint density at radius 2 is 0.471 bits per heavy atom. The van der Waals surface area contributed by atoms with Crippen LogP contribution in [0.3, 0.4) is 0 Å². The molecule has 1 aromatic carbocycles. The van der Waals surface area contributed by atoms with Gasteiger partial charge in [0.25, 0.3) is 0 Å². The first-order valence-corrected chi connectivity index (χ1v) is 34.4. The van der Waals surface area contributed by atoms with Crippen molar-refractivity contribution in [1.29, 1.82) is 0 Å². The van der Waals surface area contributed by atoms with Crippen LogP contribution >= 0.6 is 0 Å². The van der Waals surface area contributed by atoms with E-state index in [1.54, 1.807) is 42.7 Å². The van der Waals surface area contributed by atoms with Crippen LogP contribution in [-0.2, 0) is 92.5 Å². The summed E-state index contributed by atoms with van der Waals surface area (Å²) >= 11 is 0. The van der Waals surface area contributed by atoms with Crippen LogP contribution in [0.2, 0.25) is 0 Å². The van der Waals surface area contributed by atoms with Crippen molar-refractivity contribution in [3.05, 3.63) is 60.4 Å². The molecule has 0 spiro atoms.